The number of fused-ring (bicyclic) bond motifs is 1. The van der Waals surface area contributed by atoms with Crippen molar-refractivity contribution in [3.63, 3.8) is 0 Å². The van der Waals surface area contributed by atoms with Gasteiger partial charge in [0.15, 0.2) is 0 Å². The van der Waals surface area contributed by atoms with Gasteiger partial charge in [0.2, 0.25) is 0 Å². The fourth-order valence-electron chi connectivity index (χ4n) is 3.39. The van der Waals surface area contributed by atoms with Crippen molar-refractivity contribution in [2.75, 3.05) is 11.9 Å². The Labute approximate surface area is 161 Å². The second-order valence-electron chi connectivity index (χ2n) is 6.44. The number of anilines is 1. The number of carbonyl (C=O) groups excluding carboxylic acids is 1. The molecule has 0 fully saturated rings. The lowest BCUT2D eigenvalue weighted by Gasteiger charge is -2.38. The van der Waals surface area contributed by atoms with E-state index in [9.17, 15) is 9.18 Å². The summed E-state index contributed by atoms with van der Waals surface area (Å²) in [7, 11) is 0. The Morgan fingerprint density at radius 1 is 1.22 bits per heavy atom. The van der Waals surface area contributed by atoms with Crippen molar-refractivity contribution in [3.8, 4) is 11.3 Å². The number of benzene rings is 2. The Balaban J connectivity index is 1.79. The number of hydrogen-bond acceptors (Lipinski definition) is 3. The summed E-state index contributed by atoms with van der Waals surface area (Å²) in [5.41, 5.74) is 3.64. The van der Waals surface area contributed by atoms with Gasteiger partial charge >= 0.3 is 0 Å². The maximum absolute atomic E-state index is 13.3. The first kappa shape index (κ1) is 17.5. The largest absolute Gasteiger partial charge is 0.361 e. The van der Waals surface area contributed by atoms with Gasteiger partial charge in [-0.2, -0.15) is 5.10 Å². The van der Waals surface area contributed by atoms with Crippen LogP contribution in [0.5, 0.6) is 0 Å². The Morgan fingerprint density at radius 2 is 2.00 bits per heavy atom. The molecule has 2 aromatic carbocycles. The summed E-state index contributed by atoms with van der Waals surface area (Å²) in [4.78, 5) is 14.9. The van der Waals surface area contributed by atoms with Gasteiger partial charge in [-0.25, -0.2) is 4.39 Å². The first-order valence-electron chi connectivity index (χ1n) is 8.74. The minimum Gasteiger partial charge on any atom is -0.361 e. The van der Waals surface area contributed by atoms with E-state index in [1.54, 1.807) is 41.4 Å². The number of rotatable bonds is 4. The topological polar surface area (TPSA) is 61.0 Å². The van der Waals surface area contributed by atoms with Gasteiger partial charge in [0.25, 0.3) is 5.91 Å². The van der Waals surface area contributed by atoms with E-state index in [1.165, 1.54) is 12.1 Å². The lowest BCUT2D eigenvalue weighted by atomic mass is 10.0. The second-order valence-corrected chi connectivity index (χ2v) is 6.88. The van der Waals surface area contributed by atoms with Crippen molar-refractivity contribution < 1.29 is 9.18 Å². The Morgan fingerprint density at radius 3 is 2.74 bits per heavy atom. The van der Waals surface area contributed by atoms with Crippen LogP contribution in [0.2, 0.25) is 5.02 Å². The molecule has 0 bridgehead atoms. The molecular weight excluding hydrogens is 367 g/mol. The molecule has 138 valence electrons. The molecule has 1 aromatic heterocycles. The van der Waals surface area contributed by atoms with E-state index in [1.807, 2.05) is 6.92 Å². The van der Waals surface area contributed by atoms with Gasteiger partial charge in [0.05, 0.1) is 23.1 Å². The molecule has 0 saturated heterocycles. The molecule has 0 saturated carbocycles. The normalized spacial score (nSPS) is 16.2. The van der Waals surface area contributed by atoms with Gasteiger partial charge in [-0.15, -0.1) is 0 Å². The molecule has 1 amide bonds. The zero-order valence-electron chi connectivity index (χ0n) is 14.7. The first-order chi connectivity index (χ1) is 13.1. The number of hydrogen-bond donors (Lipinski definition) is 2. The number of aromatic nitrogens is 2. The van der Waals surface area contributed by atoms with E-state index in [0.29, 0.717) is 22.8 Å². The fraction of sp³-hybridized carbons (Fsp3) is 0.200. The highest BCUT2D eigenvalue weighted by Gasteiger charge is 2.34. The van der Waals surface area contributed by atoms with Crippen LogP contribution in [-0.2, 0) is 0 Å². The van der Waals surface area contributed by atoms with Crippen LogP contribution in [0.4, 0.5) is 10.1 Å². The van der Waals surface area contributed by atoms with E-state index in [4.69, 9.17) is 11.6 Å². The van der Waals surface area contributed by atoms with Crippen LogP contribution in [0, 0.1) is 5.82 Å². The van der Waals surface area contributed by atoms with Gasteiger partial charge in [-0.05, 0) is 48.9 Å². The predicted octanol–water partition coefficient (Wildman–Crippen LogP) is 4.85. The van der Waals surface area contributed by atoms with Crippen molar-refractivity contribution >= 4 is 23.2 Å². The highest BCUT2D eigenvalue weighted by Crippen LogP contribution is 2.37. The Kier molecular flexibility index (Phi) is 4.58. The third-order valence-corrected chi connectivity index (χ3v) is 4.87. The summed E-state index contributed by atoms with van der Waals surface area (Å²) < 4.78 is 13.3. The van der Waals surface area contributed by atoms with Crippen LogP contribution in [0.3, 0.4) is 0 Å². The molecule has 1 atom stereocenters. The summed E-state index contributed by atoms with van der Waals surface area (Å²) in [6.07, 6.45) is 2.11. The molecular formula is C20H18ClFN4O. The van der Waals surface area contributed by atoms with Crippen LogP contribution in [-0.4, -0.2) is 27.5 Å². The number of halogens is 2. The van der Waals surface area contributed by atoms with Crippen molar-refractivity contribution in [2.45, 2.75) is 19.5 Å². The molecule has 0 radical (unpaired) electrons. The number of aromatic amines is 1. The third-order valence-electron chi connectivity index (χ3n) is 4.64. The molecule has 1 unspecified atom stereocenters. The van der Waals surface area contributed by atoms with Crippen LogP contribution in [0.1, 0.15) is 35.4 Å². The molecule has 27 heavy (non-hydrogen) atoms. The predicted molar refractivity (Wildman–Crippen MR) is 103 cm³/mol. The lowest BCUT2D eigenvalue weighted by molar-refractivity contribution is 0.0684. The zero-order valence-corrected chi connectivity index (χ0v) is 15.4. The van der Waals surface area contributed by atoms with Gasteiger partial charge in [-0.3, -0.25) is 9.89 Å². The van der Waals surface area contributed by atoms with Gasteiger partial charge < -0.3 is 10.2 Å². The molecule has 1 aliphatic heterocycles. The monoisotopic (exact) mass is 384 g/mol. The smallest absolute Gasteiger partial charge is 0.257 e. The van der Waals surface area contributed by atoms with Crippen molar-refractivity contribution in [1.29, 1.82) is 0 Å². The molecule has 0 spiro atoms. The summed E-state index contributed by atoms with van der Waals surface area (Å²) in [6, 6.07) is 11.4. The highest BCUT2D eigenvalue weighted by molar-refractivity contribution is 6.31. The van der Waals surface area contributed by atoms with E-state index >= 15 is 0 Å². The van der Waals surface area contributed by atoms with E-state index in [-0.39, 0.29) is 11.7 Å². The summed E-state index contributed by atoms with van der Waals surface area (Å²) in [6.45, 7) is 2.62. The molecule has 3 aromatic rings. The van der Waals surface area contributed by atoms with Crippen LogP contribution < -0.4 is 5.32 Å². The van der Waals surface area contributed by atoms with Crippen molar-refractivity contribution in [3.05, 3.63) is 70.6 Å². The van der Waals surface area contributed by atoms with Gasteiger partial charge in [0, 0.05) is 22.7 Å². The van der Waals surface area contributed by atoms with Crippen LogP contribution in [0.15, 0.2) is 48.7 Å². The maximum Gasteiger partial charge on any atom is 0.257 e. The highest BCUT2D eigenvalue weighted by atomic mass is 35.5. The van der Waals surface area contributed by atoms with E-state index in [0.717, 1.165) is 23.2 Å². The lowest BCUT2D eigenvalue weighted by Crippen LogP contribution is -2.43. The second kappa shape index (κ2) is 7.04. The van der Waals surface area contributed by atoms with Crippen LogP contribution >= 0.6 is 11.6 Å². The molecule has 4 rings (SSSR count). The minimum atomic E-state index is -0.401. The number of H-pyrrole nitrogens is 1. The average Bonchev–Trinajstić information content (AvgIpc) is 3.14. The summed E-state index contributed by atoms with van der Waals surface area (Å²) in [5, 5.41) is 11.1. The van der Waals surface area contributed by atoms with E-state index in [2.05, 4.69) is 15.5 Å². The number of amides is 1. The quantitative estimate of drug-likeness (QED) is 0.676. The van der Waals surface area contributed by atoms with Gasteiger partial charge in [-0.1, -0.05) is 18.5 Å². The Hall–Kier alpha value is -2.86. The zero-order chi connectivity index (χ0) is 19.0. The molecule has 0 aliphatic carbocycles. The fourth-order valence-corrected chi connectivity index (χ4v) is 3.56. The van der Waals surface area contributed by atoms with Crippen molar-refractivity contribution in [2.24, 2.45) is 0 Å². The Bertz CT molecular complexity index is 986. The maximum atomic E-state index is 13.3. The van der Waals surface area contributed by atoms with Gasteiger partial charge in [0.1, 0.15) is 12.0 Å². The third kappa shape index (κ3) is 3.17. The number of nitrogens with one attached hydrogen (secondary N) is 2. The molecule has 5 nitrogen and oxygen atoms in total. The summed E-state index contributed by atoms with van der Waals surface area (Å²) in [5.74, 6) is -0.361. The molecule has 7 heteroatoms. The van der Waals surface area contributed by atoms with Crippen molar-refractivity contribution in [1.82, 2.24) is 15.1 Å². The summed E-state index contributed by atoms with van der Waals surface area (Å²) >= 11 is 6.12. The van der Waals surface area contributed by atoms with Crippen LogP contribution in [0.25, 0.3) is 11.3 Å². The minimum absolute atomic E-state index is 0.0569. The molecule has 2 N–H and O–H groups in total. The standard InChI is InChI=1S/C20H18ClFN4O/c1-2-9-26-19(24-17-10-13(21)5-8-15(17)20(26)27)16-11-23-25-18(16)12-3-6-14(22)7-4-12/h3-8,10-11,19,24H,2,9H2,1H3,(H,23,25). The number of carbonyl (C=O) groups is 1. The molecule has 1 aliphatic rings. The first-order valence-corrected chi connectivity index (χ1v) is 9.12. The SMILES string of the molecule is CCCN1C(=O)c2ccc(Cl)cc2NC1c1cn[nH]c1-c1ccc(F)cc1. The average molecular weight is 385 g/mol. The molecule has 2 heterocycles. The number of nitrogens with zero attached hydrogens (tertiary/aromatic N) is 2. The van der Waals surface area contributed by atoms with E-state index < -0.39 is 6.17 Å².